The van der Waals surface area contributed by atoms with Crippen molar-refractivity contribution in [2.24, 2.45) is 0 Å². The number of carbonyl (C=O) groups is 2. The Balaban J connectivity index is 1.73. The van der Waals surface area contributed by atoms with E-state index in [4.69, 9.17) is 11.6 Å². The Bertz CT molecular complexity index is 678. The number of sulfonamides is 1. The van der Waals surface area contributed by atoms with Gasteiger partial charge in [0.05, 0.1) is 4.90 Å². The molecule has 1 fully saturated rings. The van der Waals surface area contributed by atoms with Crippen molar-refractivity contribution in [1.29, 1.82) is 0 Å². The zero-order chi connectivity index (χ0) is 16.9. The minimum Gasteiger partial charge on any atom is -0.354 e. The van der Waals surface area contributed by atoms with E-state index in [1.165, 1.54) is 24.3 Å². The summed E-state index contributed by atoms with van der Waals surface area (Å²) < 4.78 is 26.3. The van der Waals surface area contributed by atoms with Crippen LogP contribution >= 0.6 is 11.6 Å². The van der Waals surface area contributed by atoms with Crippen molar-refractivity contribution in [2.75, 3.05) is 19.6 Å². The smallest absolute Gasteiger partial charge is 0.315 e. The van der Waals surface area contributed by atoms with E-state index in [-0.39, 0.29) is 23.9 Å². The molecule has 8 nitrogen and oxygen atoms in total. The Labute approximate surface area is 139 Å². The molecule has 0 unspecified atom stereocenters. The molecule has 3 amide bonds. The highest BCUT2D eigenvalue weighted by Crippen LogP contribution is 2.13. The molecule has 2 rings (SSSR count). The molecule has 0 radical (unpaired) electrons. The third kappa shape index (κ3) is 5.08. The third-order valence-corrected chi connectivity index (χ3v) is 4.91. The van der Waals surface area contributed by atoms with Crippen molar-refractivity contribution >= 4 is 33.6 Å². The van der Waals surface area contributed by atoms with Gasteiger partial charge in [0.15, 0.2) is 0 Å². The van der Waals surface area contributed by atoms with Gasteiger partial charge in [-0.05, 0) is 30.7 Å². The topological polar surface area (TPSA) is 116 Å². The molecule has 1 aliphatic heterocycles. The SMILES string of the molecule is O=C(NCCNS(=O)(=O)c1ccc(Cl)cc1)N[C@H]1CCNC1=O. The lowest BCUT2D eigenvalue weighted by Crippen LogP contribution is -2.47. The van der Waals surface area contributed by atoms with Gasteiger partial charge < -0.3 is 16.0 Å². The lowest BCUT2D eigenvalue weighted by molar-refractivity contribution is -0.120. The van der Waals surface area contributed by atoms with Gasteiger partial charge in [0, 0.05) is 24.7 Å². The van der Waals surface area contributed by atoms with Crippen LogP contribution in [0.25, 0.3) is 0 Å². The molecule has 1 saturated heterocycles. The van der Waals surface area contributed by atoms with Gasteiger partial charge in [-0.3, -0.25) is 4.79 Å². The molecular formula is C13H17ClN4O4S. The van der Waals surface area contributed by atoms with E-state index in [0.717, 1.165) is 0 Å². The van der Waals surface area contributed by atoms with Gasteiger partial charge in [0.1, 0.15) is 6.04 Å². The van der Waals surface area contributed by atoms with Crippen LogP contribution in [0.5, 0.6) is 0 Å². The molecule has 10 heteroatoms. The van der Waals surface area contributed by atoms with E-state index in [1.54, 1.807) is 0 Å². The van der Waals surface area contributed by atoms with Crippen LogP contribution in [0.15, 0.2) is 29.2 Å². The van der Waals surface area contributed by atoms with Crippen molar-refractivity contribution in [2.45, 2.75) is 17.4 Å². The maximum absolute atomic E-state index is 12.0. The Morgan fingerprint density at radius 3 is 2.57 bits per heavy atom. The van der Waals surface area contributed by atoms with Crippen LogP contribution in [0.3, 0.4) is 0 Å². The number of amides is 3. The number of halogens is 1. The predicted octanol–water partition coefficient (Wildman–Crippen LogP) is -0.194. The van der Waals surface area contributed by atoms with Crippen molar-refractivity contribution in [1.82, 2.24) is 20.7 Å². The fourth-order valence-electron chi connectivity index (χ4n) is 2.00. The molecule has 23 heavy (non-hydrogen) atoms. The lowest BCUT2D eigenvalue weighted by atomic mass is 10.2. The first-order valence-electron chi connectivity index (χ1n) is 6.96. The average Bonchev–Trinajstić information content (AvgIpc) is 2.89. The quantitative estimate of drug-likeness (QED) is 0.526. The molecule has 1 aromatic carbocycles. The zero-order valence-electron chi connectivity index (χ0n) is 12.1. The van der Waals surface area contributed by atoms with Crippen LogP contribution in [0, 0.1) is 0 Å². The first-order chi connectivity index (χ1) is 10.9. The van der Waals surface area contributed by atoms with Crippen LogP contribution in [0.2, 0.25) is 5.02 Å². The summed E-state index contributed by atoms with van der Waals surface area (Å²) in [6.07, 6.45) is 0.537. The third-order valence-electron chi connectivity index (χ3n) is 3.18. The summed E-state index contributed by atoms with van der Waals surface area (Å²) in [5.41, 5.74) is 0. The van der Waals surface area contributed by atoms with Gasteiger partial charge in [-0.1, -0.05) is 11.6 Å². The summed E-state index contributed by atoms with van der Waals surface area (Å²) in [6.45, 7) is 0.646. The summed E-state index contributed by atoms with van der Waals surface area (Å²) in [5, 5.41) is 8.04. The molecule has 0 aromatic heterocycles. The second-order valence-corrected chi connectivity index (χ2v) is 7.09. The predicted molar refractivity (Wildman–Crippen MR) is 84.6 cm³/mol. The van der Waals surface area contributed by atoms with Crippen LogP contribution < -0.4 is 20.7 Å². The van der Waals surface area contributed by atoms with Crippen molar-refractivity contribution < 1.29 is 18.0 Å². The summed E-state index contributed by atoms with van der Waals surface area (Å²) in [6, 6.07) is 4.69. The standard InChI is InChI=1S/C13H17ClN4O4S/c14-9-1-3-10(4-2-9)23(21,22)17-8-7-16-13(20)18-11-5-6-15-12(11)19/h1-4,11,17H,5-8H2,(H,15,19)(H2,16,18,20)/t11-/m0/s1. The number of nitrogens with one attached hydrogen (secondary N) is 4. The zero-order valence-corrected chi connectivity index (χ0v) is 13.7. The van der Waals surface area contributed by atoms with E-state index in [0.29, 0.717) is 18.0 Å². The minimum atomic E-state index is -3.65. The van der Waals surface area contributed by atoms with Gasteiger partial charge in [-0.25, -0.2) is 17.9 Å². The van der Waals surface area contributed by atoms with E-state index in [9.17, 15) is 18.0 Å². The van der Waals surface area contributed by atoms with Crippen LogP contribution in [0.4, 0.5) is 4.79 Å². The minimum absolute atomic E-state index is 0.0231. The van der Waals surface area contributed by atoms with Crippen molar-refractivity contribution in [3.8, 4) is 0 Å². The summed E-state index contributed by atoms with van der Waals surface area (Å²) >= 11 is 5.71. The highest BCUT2D eigenvalue weighted by atomic mass is 35.5. The Morgan fingerprint density at radius 2 is 1.96 bits per heavy atom. The summed E-state index contributed by atoms with van der Waals surface area (Å²) in [4.78, 5) is 23.0. The summed E-state index contributed by atoms with van der Waals surface area (Å²) in [7, 11) is -3.65. The fraction of sp³-hybridized carbons (Fsp3) is 0.385. The molecule has 1 atom stereocenters. The number of carbonyl (C=O) groups excluding carboxylic acids is 2. The van der Waals surface area contributed by atoms with Crippen molar-refractivity contribution in [3.63, 3.8) is 0 Å². The molecule has 4 N–H and O–H groups in total. The maximum Gasteiger partial charge on any atom is 0.315 e. The van der Waals surface area contributed by atoms with Gasteiger partial charge in [0.25, 0.3) is 0 Å². The van der Waals surface area contributed by atoms with Gasteiger partial charge >= 0.3 is 6.03 Å². The highest BCUT2D eigenvalue weighted by Gasteiger charge is 2.25. The Kier molecular flexibility index (Phi) is 5.80. The molecule has 1 heterocycles. The number of rotatable bonds is 6. The van der Waals surface area contributed by atoms with E-state index < -0.39 is 22.1 Å². The Morgan fingerprint density at radius 1 is 1.26 bits per heavy atom. The second-order valence-electron chi connectivity index (χ2n) is 4.88. The van der Waals surface area contributed by atoms with Gasteiger partial charge in [0.2, 0.25) is 15.9 Å². The van der Waals surface area contributed by atoms with E-state index >= 15 is 0 Å². The first kappa shape index (κ1) is 17.5. The average molecular weight is 361 g/mol. The van der Waals surface area contributed by atoms with Crippen molar-refractivity contribution in [3.05, 3.63) is 29.3 Å². The molecule has 0 aliphatic carbocycles. The monoisotopic (exact) mass is 360 g/mol. The Hall–Kier alpha value is -1.84. The van der Waals surface area contributed by atoms with Crippen LogP contribution in [-0.2, 0) is 14.8 Å². The molecule has 126 valence electrons. The van der Waals surface area contributed by atoms with Crippen LogP contribution in [0.1, 0.15) is 6.42 Å². The van der Waals surface area contributed by atoms with Gasteiger partial charge in [-0.2, -0.15) is 0 Å². The number of urea groups is 1. The molecule has 0 bridgehead atoms. The number of benzene rings is 1. The largest absolute Gasteiger partial charge is 0.354 e. The van der Waals surface area contributed by atoms with Crippen LogP contribution in [-0.4, -0.2) is 46.0 Å². The maximum atomic E-state index is 12.0. The summed E-state index contributed by atoms with van der Waals surface area (Å²) in [5.74, 6) is -0.219. The normalized spacial score (nSPS) is 17.6. The highest BCUT2D eigenvalue weighted by molar-refractivity contribution is 7.89. The fourth-order valence-corrected chi connectivity index (χ4v) is 3.16. The molecular weight excluding hydrogens is 344 g/mol. The molecule has 0 saturated carbocycles. The second kappa shape index (κ2) is 7.62. The molecule has 1 aliphatic rings. The van der Waals surface area contributed by atoms with E-state index in [1.807, 2.05) is 0 Å². The molecule has 0 spiro atoms. The lowest BCUT2D eigenvalue weighted by Gasteiger charge is -2.12. The number of hydrogen-bond acceptors (Lipinski definition) is 4. The first-order valence-corrected chi connectivity index (χ1v) is 8.82. The van der Waals surface area contributed by atoms with E-state index in [2.05, 4.69) is 20.7 Å². The number of hydrogen-bond donors (Lipinski definition) is 4. The molecule has 1 aromatic rings. The van der Waals surface area contributed by atoms with Gasteiger partial charge in [-0.15, -0.1) is 0 Å².